The van der Waals surface area contributed by atoms with Gasteiger partial charge in [-0.2, -0.15) is 5.26 Å². The highest BCUT2D eigenvalue weighted by atomic mass is 16.5. The van der Waals surface area contributed by atoms with E-state index in [4.69, 9.17) is 4.74 Å². The number of carbonyl (C=O) groups excluding carboxylic acids is 1. The Morgan fingerprint density at radius 1 is 1.29 bits per heavy atom. The Balaban J connectivity index is 1.80. The number of nitriles is 1. The topological polar surface area (TPSA) is 67.0 Å². The smallest absolute Gasteiger partial charge is 0.266 e. The Hall–Kier alpha value is -2.84. The van der Waals surface area contributed by atoms with Crippen LogP contribution in [-0.4, -0.2) is 23.2 Å². The molecule has 1 aliphatic rings. The number of hydrogen-bond donors (Lipinski definition) is 1. The van der Waals surface area contributed by atoms with E-state index in [1.54, 1.807) is 6.08 Å². The Morgan fingerprint density at radius 3 is 2.71 bits per heavy atom. The molecule has 3 rings (SSSR count). The Bertz CT molecular complexity index is 957. The zero-order valence-corrected chi connectivity index (χ0v) is 17.0. The van der Waals surface area contributed by atoms with Gasteiger partial charge in [0.2, 0.25) is 0 Å². The van der Waals surface area contributed by atoms with Gasteiger partial charge >= 0.3 is 0 Å². The van der Waals surface area contributed by atoms with Crippen LogP contribution in [0.25, 0.3) is 6.08 Å². The molecule has 0 radical (unpaired) electrons. The van der Waals surface area contributed by atoms with E-state index in [9.17, 15) is 10.1 Å². The van der Waals surface area contributed by atoms with E-state index in [0.29, 0.717) is 5.69 Å². The number of anilines is 1. The molecule has 0 unspecified atom stereocenters. The van der Waals surface area contributed by atoms with E-state index in [0.717, 1.165) is 54.1 Å². The van der Waals surface area contributed by atoms with Gasteiger partial charge in [0.25, 0.3) is 5.91 Å². The lowest BCUT2D eigenvalue weighted by Crippen LogP contribution is -2.17. The van der Waals surface area contributed by atoms with E-state index in [2.05, 4.69) is 9.88 Å². The highest BCUT2D eigenvalue weighted by Gasteiger charge is 2.19. The molecule has 2 aromatic rings. The summed E-state index contributed by atoms with van der Waals surface area (Å²) >= 11 is 0. The summed E-state index contributed by atoms with van der Waals surface area (Å²) in [5.41, 5.74) is 6.08. The van der Waals surface area contributed by atoms with Crippen LogP contribution >= 0.6 is 0 Å². The van der Waals surface area contributed by atoms with Crippen LogP contribution in [0.2, 0.25) is 0 Å². The predicted molar refractivity (Wildman–Crippen MR) is 111 cm³/mol. The van der Waals surface area contributed by atoms with E-state index in [1.165, 1.54) is 0 Å². The molecule has 1 atom stereocenters. The number of ether oxygens (including phenoxy) is 1. The second-order valence-electron chi connectivity index (χ2n) is 7.50. The zero-order chi connectivity index (χ0) is 20.3. The van der Waals surface area contributed by atoms with E-state index in [1.807, 2.05) is 58.0 Å². The van der Waals surface area contributed by atoms with Gasteiger partial charge in [0.1, 0.15) is 11.6 Å². The summed E-state index contributed by atoms with van der Waals surface area (Å²) in [5, 5.41) is 12.3. The zero-order valence-electron chi connectivity index (χ0n) is 17.0. The molecule has 1 aliphatic heterocycles. The van der Waals surface area contributed by atoms with Crippen molar-refractivity contribution < 1.29 is 9.53 Å². The molecule has 0 saturated carbocycles. The largest absolute Gasteiger partial charge is 0.376 e. The van der Waals surface area contributed by atoms with Crippen molar-refractivity contribution in [1.82, 2.24) is 4.57 Å². The quantitative estimate of drug-likeness (QED) is 0.618. The summed E-state index contributed by atoms with van der Waals surface area (Å²) in [6.07, 6.45) is 4.09. The van der Waals surface area contributed by atoms with Gasteiger partial charge in [0, 0.05) is 30.2 Å². The lowest BCUT2D eigenvalue weighted by molar-refractivity contribution is -0.112. The first-order valence-corrected chi connectivity index (χ1v) is 9.67. The van der Waals surface area contributed by atoms with Crippen LogP contribution in [0.1, 0.15) is 40.9 Å². The lowest BCUT2D eigenvalue weighted by Gasteiger charge is -2.14. The highest BCUT2D eigenvalue weighted by Crippen LogP contribution is 2.22. The molecule has 1 aromatic carbocycles. The average Bonchev–Trinajstić information content (AvgIpc) is 3.26. The van der Waals surface area contributed by atoms with Crippen LogP contribution in [-0.2, 0) is 16.1 Å². The van der Waals surface area contributed by atoms with Gasteiger partial charge in [-0.15, -0.1) is 0 Å². The second kappa shape index (κ2) is 8.45. The first-order chi connectivity index (χ1) is 13.4. The van der Waals surface area contributed by atoms with Gasteiger partial charge in [-0.05, 0) is 81.5 Å². The van der Waals surface area contributed by atoms with Crippen molar-refractivity contribution in [3.05, 3.63) is 57.9 Å². The summed E-state index contributed by atoms with van der Waals surface area (Å²) in [6.45, 7) is 9.71. The van der Waals surface area contributed by atoms with Crippen LogP contribution in [0.4, 0.5) is 5.69 Å². The number of rotatable bonds is 5. The molecule has 1 amide bonds. The van der Waals surface area contributed by atoms with E-state index in [-0.39, 0.29) is 11.7 Å². The summed E-state index contributed by atoms with van der Waals surface area (Å²) < 4.78 is 7.95. The van der Waals surface area contributed by atoms with Crippen molar-refractivity contribution >= 4 is 17.7 Å². The highest BCUT2D eigenvalue weighted by molar-refractivity contribution is 6.09. The first kappa shape index (κ1) is 19.9. The molecular formula is C23H27N3O2. The van der Waals surface area contributed by atoms with Crippen molar-refractivity contribution in [2.24, 2.45) is 0 Å². The standard InChI is InChI=1S/C23H27N3O2/c1-15-7-8-21(10-16(15)2)25-23(27)20(13-24)12-19-11-17(3)26(18(19)4)14-22-6-5-9-28-22/h7-8,10-12,22H,5-6,9,14H2,1-4H3,(H,25,27)/b20-12+/t22-/m0/s1. The van der Waals surface area contributed by atoms with Gasteiger partial charge in [-0.1, -0.05) is 6.07 Å². The van der Waals surface area contributed by atoms with Crippen LogP contribution in [0.5, 0.6) is 0 Å². The molecule has 0 bridgehead atoms. The number of nitrogens with one attached hydrogen (secondary N) is 1. The summed E-state index contributed by atoms with van der Waals surface area (Å²) in [5.74, 6) is -0.394. The van der Waals surface area contributed by atoms with Crippen LogP contribution in [0.3, 0.4) is 0 Å². The van der Waals surface area contributed by atoms with Crippen molar-refractivity contribution in [2.45, 2.75) is 53.2 Å². The van der Waals surface area contributed by atoms with E-state index >= 15 is 0 Å². The molecule has 146 valence electrons. The van der Waals surface area contributed by atoms with Crippen molar-refractivity contribution in [3.63, 3.8) is 0 Å². The fourth-order valence-electron chi connectivity index (χ4n) is 3.57. The molecular weight excluding hydrogens is 350 g/mol. The second-order valence-corrected chi connectivity index (χ2v) is 7.50. The Kier molecular flexibility index (Phi) is 6.01. The fraction of sp³-hybridized carbons (Fsp3) is 0.391. The van der Waals surface area contributed by atoms with Gasteiger partial charge in [0.15, 0.2) is 0 Å². The summed E-state index contributed by atoms with van der Waals surface area (Å²) in [7, 11) is 0. The van der Waals surface area contributed by atoms with Gasteiger partial charge in [0.05, 0.1) is 6.10 Å². The van der Waals surface area contributed by atoms with Crippen molar-refractivity contribution in [3.8, 4) is 6.07 Å². The third-order valence-electron chi connectivity index (χ3n) is 5.45. The third kappa shape index (κ3) is 4.35. The SMILES string of the molecule is Cc1ccc(NC(=O)/C(C#N)=C/c2cc(C)n(C[C@@H]3CCCO3)c2C)cc1C. The molecule has 5 nitrogen and oxygen atoms in total. The minimum absolute atomic E-state index is 0.0931. The van der Waals surface area contributed by atoms with Crippen LogP contribution in [0, 0.1) is 39.0 Å². The fourth-order valence-corrected chi connectivity index (χ4v) is 3.57. The van der Waals surface area contributed by atoms with Gasteiger partial charge < -0.3 is 14.6 Å². The molecule has 0 spiro atoms. The van der Waals surface area contributed by atoms with Crippen LogP contribution < -0.4 is 5.32 Å². The first-order valence-electron chi connectivity index (χ1n) is 9.67. The predicted octanol–water partition coefficient (Wildman–Crippen LogP) is 4.45. The molecule has 1 saturated heterocycles. The molecule has 5 heteroatoms. The minimum Gasteiger partial charge on any atom is -0.376 e. The van der Waals surface area contributed by atoms with Crippen LogP contribution in [0.15, 0.2) is 29.8 Å². The number of nitrogens with zero attached hydrogens (tertiary/aromatic N) is 2. The number of amides is 1. The molecule has 1 fully saturated rings. The monoisotopic (exact) mass is 377 g/mol. The van der Waals surface area contributed by atoms with Gasteiger partial charge in [-0.3, -0.25) is 4.79 Å². The van der Waals surface area contributed by atoms with Gasteiger partial charge in [-0.25, -0.2) is 0 Å². The molecule has 28 heavy (non-hydrogen) atoms. The number of aromatic nitrogens is 1. The molecule has 1 N–H and O–H groups in total. The number of hydrogen-bond acceptors (Lipinski definition) is 3. The Morgan fingerprint density at radius 2 is 2.07 bits per heavy atom. The maximum atomic E-state index is 12.6. The van der Waals surface area contributed by atoms with Crippen molar-refractivity contribution in [1.29, 1.82) is 5.26 Å². The number of benzene rings is 1. The maximum absolute atomic E-state index is 12.6. The molecule has 2 heterocycles. The third-order valence-corrected chi connectivity index (χ3v) is 5.45. The molecule has 1 aromatic heterocycles. The lowest BCUT2D eigenvalue weighted by atomic mass is 10.1. The number of aryl methyl sites for hydroxylation is 3. The number of carbonyl (C=O) groups is 1. The summed E-state index contributed by atoms with van der Waals surface area (Å²) in [6, 6.07) is 9.78. The normalized spacial score (nSPS) is 16.8. The average molecular weight is 377 g/mol. The minimum atomic E-state index is -0.394. The Labute approximate surface area is 166 Å². The maximum Gasteiger partial charge on any atom is 0.266 e. The molecule has 0 aliphatic carbocycles. The summed E-state index contributed by atoms with van der Waals surface area (Å²) in [4.78, 5) is 12.6. The van der Waals surface area contributed by atoms with E-state index < -0.39 is 5.91 Å². The van der Waals surface area contributed by atoms with Crippen molar-refractivity contribution in [2.75, 3.05) is 11.9 Å².